The lowest BCUT2D eigenvalue weighted by molar-refractivity contribution is -0.142. The molecule has 3 nitrogen and oxygen atoms in total. The van der Waals surface area contributed by atoms with E-state index in [4.69, 9.17) is 11.6 Å². The molecule has 1 aliphatic rings. The summed E-state index contributed by atoms with van der Waals surface area (Å²) in [7, 11) is 0. The first kappa shape index (κ1) is 15.0. The highest BCUT2D eigenvalue weighted by atomic mass is 35.5. The molecule has 0 aliphatic heterocycles. The van der Waals surface area contributed by atoms with Crippen LogP contribution in [-0.2, 0) is 4.79 Å². The van der Waals surface area contributed by atoms with Crippen LogP contribution in [0.2, 0.25) is 5.02 Å². The average Bonchev–Trinajstić information content (AvgIpc) is 2.75. The van der Waals surface area contributed by atoms with Crippen LogP contribution in [0.15, 0.2) is 12.1 Å². The van der Waals surface area contributed by atoms with E-state index in [1.807, 2.05) is 20.8 Å². The molecule has 0 radical (unpaired) electrons. The van der Waals surface area contributed by atoms with Crippen molar-refractivity contribution in [2.45, 2.75) is 33.6 Å². The maximum absolute atomic E-state index is 12.7. The van der Waals surface area contributed by atoms with Gasteiger partial charge in [0, 0.05) is 16.5 Å². The fourth-order valence-corrected chi connectivity index (χ4v) is 3.32. The standard InChI is InChI=1S/C16H19ClO3/c1-8-4-12(13(5-8)16(19)20)15(18)11-6-10(3)14(17)7-9(11)2/h6-8,12-13H,4-5H2,1-3H3,(H,19,20). The molecule has 2 rings (SSSR count). The van der Waals surface area contributed by atoms with Gasteiger partial charge in [0.1, 0.15) is 0 Å². The molecule has 0 aromatic heterocycles. The van der Waals surface area contributed by atoms with Crippen LogP contribution in [0, 0.1) is 31.6 Å². The minimum atomic E-state index is -0.865. The van der Waals surface area contributed by atoms with Crippen LogP contribution >= 0.6 is 11.6 Å². The molecule has 1 N–H and O–H groups in total. The minimum Gasteiger partial charge on any atom is -0.481 e. The summed E-state index contributed by atoms with van der Waals surface area (Å²) in [4.78, 5) is 24.0. The van der Waals surface area contributed by atoms with Gasteiger partial charge in [-0.2, -0.15) is 0 Å². The fourth-order valence-electron chi connectivity index (χ4n) is 3.10. The number of aryl methyl sites for hydroxylation is 2. The van der Waals surface area contributed by atoms with Crippen molar-refractivity contribution in [3.63, 3.8) is 0 Å². The summed E-state index contributed by atoms with van der Waals surface area (Å²) in [6.45, 7) is 5.69. The van der Waals surface area contributed by atoms with Crippen LogP contribution in [-0.4, -0.2) is 16.9 Å². The van der Waals surface area contributed by atoms with Crippen LogP contribution in [0.1, 0.15) is 41.3 Å². The highest BCUT2D eigenvalue weighted by molar-refractivity contribution is 6.31. The van der Waals surface area contributed by atoms with Gasteiger partial charge in [0.15, 0.2) is 5.78 Å². The minimum absolute atomic E-state index is 0.0565. The van der Waals surface area contributed by atoms with E-state index in [0.29, 0.717) is 23.4 Å². The molecule has 0 spiro atoms. The third-order valence-electron chi connectivity index (χ3n) is 4.22. The van der Waals surface area contributed by atoms with E-state index in [1.54, 1.807) is 12.1 Å². The number of carbonyl (C=O) groups is 2. The second kappa shape index (κ2) is 5.57. The second-order valence-electron chi connectivity index (χ2n) is 5.91. The predicted molar refractivity (Wildman–Crippen MR) is 78.3 cm³/mol. The van der Waals surface area contributed by atoms with E-state index in [9.17, 15) is 14.7 Å². The third-order valence-corrected chi connectivity index (χ3v) is 4.63. The van der Waals surface area contributed by atoms with Crippen LogP contribution in [0.4, 0.5) is 0 Å². The number of Topliss-reactive ketones (excluding diaryl/α,β-unsaturated/α-hetero) is 1. The van der Waals surface area contributed by atoms with Gasteiger partial charge in [0.05, 0.1) is 5.92 Å². The van der Waals surface area contributed by atoms with Crippen LogP contribution in [0.25, 0.3) is 0 Å². The average molecular weight is 295 g/mol. The number of halogens is 1. The Hall–Kier alpha value is -1.35. The van der Waals surface area contributed by atoms with E-state index in [1.165, 1.54) is 0 Å². The summed E-state index contributed by atoms with van der Waals surface area (Å²) >= 11 is 6.05. The van der Waals surface area contributed by atoms with Gasteiger partial charge in [-0.25, -0.2) is 0 Å². The Bertz CT molecular complexity index is 565. The van der Waals surface area contributed by atoms with Gasteiger partial charge in [-0.1, -0.05) is 18.5 Å². The van der Waals surface area contributed by atoms with E-state index < -0.39 is 17.8 Å². The number of benzene rings is 1. The van der Waals surface area contributed by atoms with Crippen LogP contribution in [0.5, 0.6) is 0 Å². The lowest BCUT2D eigenvalue weighted by Crippen LogP contribution is -2.26. The molecule has 20 heavy (non-hydrogen) atoms. The van der Waals surface area contributed by atoms with Crippen molar-refractivity contribution in [3.8, 4) is 0 Å². The van der Waals surface area contributed by atoms with Crippen molar-refractivity contribution in [3.05, 3.63) is 33.8 Å². The number of ketones is 1. The van der Waals surface area contributed by atoms with E-state index in [-0.39, 0.29) is 11.7 Å². The summed E-state index contributed by atoms with van der Waals surface area (Å²) < 4.78 is 0. The van der Waals surface area contributed by atoms with Crippen molar-refractivity contribution in [1.29, 1.82) is 0 Å². The zero-order valence-electron chi connectivity index (χ0n) is 11.9. The fraction of sp³-hybridized carbons (Fsp3) is 0.500. The molecule has 1 saturated carbocycles. The van der Waals surface area contributed by atoms with Gasteiger partial charge in [0.2, 0.25) is 0 Å². The maximum Gasteiger partial charge on any atom is 0.307 e. The molecule has 3 unspecified atom stereocenters. The van der Waals surface area contributed by atoms with Crippen molar-refractivity contribution in [2.75, 3.05) is 0 Å². The highest BCUT2D eigenvalue weighted by Crippen LogP contribution is 2.39. The SMILES string of the molecule is Cc1cc(C(=O)C2CC(C)CC2C(=O)O)c(C)cc1Cl. The van der Waals surface area contributed by atoms with Crippen molar-refractivity contribution >= 4 is 23.4 Å². The van der Waals surface area contributed by atoms with E-state index >= 15 is 0 Å². The monoisotopic (exact) mass is 294 g/mol. The Labute approximate surface area is 123 Å². The van der Waals surface area contributed by atoms with Gasteiger partial charge < -0.3 is 5.11 Å². The van der Waals surface area contributed by atoms with E-state index in [0.717, 1.165) is 11.1 Å². The summed E-state index contributed by atoms with van der Waals surface area (Å²) in [5, 5.41) is 9.92. The molecular formula is C16H19ClO3. The number of carbonyl (C=O) groups excluding carboxylic acids is 1. The molecule has 1 aliphatic carbocycles. The van der Waals surface area contributed by atoms with Gasteiger partial charge in [-0.05, 0) is 55.9 Å². The molecule has 0 saturated heterocycles. The van der Waals surface area contributed by atoms with Gasteiger partial charge in [-0.3, -0.25) is 9.59 Å². The second-order valence-corrected chi connectivity index (χ2v) is 6.32. The number of rotatable bonds is 3. The molecular weight excluding hydrogens is 276 g/mol. The molecule has 3 atom stereocenters. The molecule has 0 amide bonds. The maximum atomic E-state index is 12.7. The molecule has 0 bridgehead atoms. The number of carboxylic acid groups (broad SMARTS) is 1. The van der Waals surface area contributed by atoms with Crippen molar-refractivity contribution in [1.82, 2.24) is 0 Å². The lowest BCUT2D eigenvalue weighted by atomic mass is 9.86. The Kier molecular flexibility index (Phi) is 4.19. The zero-order chi connectivity index (χ0) is 15.0. The van der Waals surface area contributed by atoms with E-state index in [2.05, 4.69) is 0 Å². The van der Waals surface area contributed by atoms with Crippen molar-refractivity contribution < 1.29 is 14.7 Å². The Balaban J connectivity index is 2.36. The summed E-state index contributed by atoms with van der Waals surface area (Å²) in [6.07, 6.45) is 1.23. The summed E-state index contributed by atoms with van der Waals surface area (Å²) in [5.74, 6) is -1.62. The molecule has 4 heteroatoms. The summed E-state index contributed by atoms with van der Waals surface area (Å²) in [5.41, 5.74) is 2.27. The third kappa shape index (κ3) is 2.73. The number of hydrogen-bond acceptors (Lipinski definition) is 2. The number of carboxylic acids is 1. The topological polar surface area (TPSA) is 54.4 Å². The Morgan fingerprint density at radius 1 is 1.15 bits per heavy atom. The van der Waals surface area contributed by atoms with Crippen LogP contribution < -0.4 is 0 Å². The van der Waals surface area contributed by atoms with Gasteiger partial charge >= 0.3 is 5.97 Å². The number of hydrogen-bond donors (Lipinski definition) is 1. The first-order valence-corrected chi connectivity index (χ1v) is 7.22. The molecule has 1 aromatic rings. The molecule has 1 aromatic carbocycles. The predicted octanol–water partition coefficient (Wildman–Crippen LogP) is 3.89. The first-order chi connectivity index (χ1) is 9.31. The summed E-state index contributed by atoms with van der Waals surface area (Å²) in [6, 6.07) is 3.56. The van der Waals surface area contributed by atoms with Gasteiger partial charge in [0.25, 0.3) is 0 Å². The normalized spacial score (nSPS) is 25.7. The Morgan fingerprint density at radius 3 is 2.35 bits per heavy atom. The molecule has 108 valence electrons. The van der Waals surface area contributed by atoms with Crippen LogP contribution in [0.3, 0.4) is 0 Å². The Morgan fingerprint density at radius 2 is 1.75 bits per heavy atom. The van der Waals surface area contributed by atoms with Gasteiger partial charge in [-0.15, -0.1) is 0 Å². The number of aliphatic carboxylic acids is 1. The quantitative estimate of drug-likeness (QED) is 0.861. The molecule has 1 fully saturated rings. The first-order valence-electron chi connectivity index (χ1n) is 6.85. The zero-order valence-corrected chi connectivity index (χ0v) is 12.7. The smallest absolute Gasteiger partial charge is 0.307 e. The molecule has 0 heterocycles. The highest BCUT2D eigenvalue weighted by Gasteiger charge is 2.41. The lowest BCUT2D eigenvalue weighted by Gasteiger charge is -2.16. The largest absolute Gasteiger partial charge is 0.481 e. The van der Waals surface area contributed by atoms with Crippen molar-refractivity contribution in [2.24, 2.45) is 17.8 Å².